The van der Waals surface area contributed by atoms with Gasteiger partial charge in [-0.2, -0.15) is 0 Å². The van der Waals surface area contributed by atoms with Gasteiger partial charge in [0.25, 0.3) is 0 Å². The Morgan fingerprint density at radius 2 is 1.41 bits per heavy atom. The van der Waals surface area contributed by atoms with Crippen molar-refractivity contribution < 1.29 is 9.59 Å². The first-order valence-electron chi connectivity index (χ1n) is 9.55. The van der Waals surface area contributed by atoms with Crippen LogP contribution in [-0.4, -0.2) is 11.8 Å². The van der Waals surface area contributed by atoms with Gasteiger partial charge in [0.05, 0.1) is 5.41 Å². The molecule has 2 N–H and O–H groups in total. The summed E-state index contributed by atoms with van der Waals surface area (Å²) in [4.78, 5) is 25.0. The quantitative estimate of drug-likeness (QED) is 0.752. The molecule has 140 valence electrons. The summed E-state index contributed by atoms with van der Waals surface area (Å²) in [7, 11) is 0. The van der Waals surface area contributed by atoms with E-state index in [1.165, 1.54) is 0 Å². The number of carbonyl (C=O) groups is 2. The van der Waals surface area contributed by atoms with Crippen LogP contribution in [0.25, 0.3) is 0 Å². The fraction of sp³-hybridized carbons (Fsp3) is 0.364. The van der Waals surface area contributed by atoms with Gasteiger partial charge in [-0.3, -0.25) is 9.59 Å². The van der Waals surface area contributed by atoms with Crippen molar-refractivity contribution in [1.82, 2.24) is 0 Å². The van der Waals surface area contributed by atoms with Crippen LogP contribution in [-0.2, 0) is 15.0 Å². The maximum atomic E-state index is 13.2. The molecule has 0 aromatic heterocycles. The van der Waals surface area contributed by atoms with Gasteiger partial charge in [0.15, 0.2) is 0 Å². The zero-order valence-corrected chi connectivity index (χ0v) is 15.9. The molecule has 0 unspecified atom stereocenters. The van der Waals surface area contributed by atoms with E-state index in [-0.39, 0.29) is 17.7 Å². The van der Waals surface area contributed by atoms with Crippen molar-refractivity contribution in [2.45, 2.75) is 43.9 Å². The molecule has 0 radical (unpaired) electrons. The van der Waals surface area contributed by atoms with Gasteiger partial charge in [-0.1, -0.05) is 36.6 Å². The van der Waals surface area contributed by atoms with Crippen LogP contribution < -0.4 is 10.6 Å². The number of halogens is 1. The van der Waals surface area contributed by atoms with Gasteiger partial charge >= 0.3 is 0 Å². The Hall–Kier alpha value is -2.33. The molecular formula is C22H23ClN2O2. The molecule has 4 rings (SSSR count). The molecule has 5 heteroatoms. The topological polar surface area (TPSA) is 58.2 Å². The Labute approximate surface area is 164 Å². The van der Waals surface area contributed by atoms with Gasteiger partial charge in [0.1, 0.15) is 0 Å². The van der Waals surface area contributed by atoms with Crippen LogP contribution >= 0.6 is 11.6 Å². The van der Waals surface area contributed by atoms with Gasteiger partial charge in [-0.05, 0) is 67.6 Å². The number of rotatable bonds is 5. The minimum absolute atomic E-state index is 0.0251. The molecule has 4 nitrogen and oxygen atoms in total. The maximum absolute atomic E-state index is 13.2. The summed E-state index contributed by atoms with van der Waals surface area (Å²) in [6, 6.07) is 15.0. The lowest BCUT2D eigenvalue weighted by Gasteiger charge is -2.28. The van der Waals surface area contributed by atoms with Crippen molar-refractivity contribution in [1.29, 1.82) is 0 Å². The molecule has 2 amide bonds. The Morgan fingerprint density at radius 3 is 1.96 bits per heavy atom. The van der Waals surface area contributed by atoms with Crippen molar-refractivity contribution in [2.24, 2.45) is 5.92 Å². The predicted molar refractivity (Wildman–Crippen MR) is 108 cm³/mol. The van der Waals surface area contributed by atoms with Crippen molar-refractivity contribution >= 4 is 34.8 Å². The molecule has 0 spiro atoms. The summed E-state index contributed by atoms with van der Waals surface area (Å²) < 4.78 is 0. The Balaban J connectivity index is 1.48. The lowest BCUT2D eigenvalue weighted by molar-refractivity contribution is -0.121. The molecule has 2 fully saturated rings. The summed E-state index contributed by atoms with van der Waals surface area (Å²) in [5, 5.41) is 6.66. The number of hydrogen-bond donors (Lipinski definition) is 2. The summed E-state index contributed by atoms with van der Waals surface area (Å²) >= 11 is 6.02. The third-order valence-electron chi connectivity index (χ3n) is 5.65. The summed E-state index contributed by atoms with van der Waals surface area (Å²) in [6.45, 7) is 0. The van der Waals surface area contributed by atoms with E-state index < -0.39 is 5.41 Å². The SMILES string of the molecule is O=C(Nc1ccc(NC(=O)C2(c3ccc(Cl)cc3)CCCC2)cc1)C1CC1. The molecule has 2 aromatic rings. The van der Waals surface area contributed by atoms with Gasteiger partial charge in [-0.15, -0.1) is 0 Å². The zero-order chi connectivity index (χ0) is 18.9. The van der Waals surface area contributed by atoms with Crippen molar-refractivity contribution in [3.05, 3.63) is 59.1 Å². The third-order valence-corrected chi connectivity index (χ3v) is 5.90. The van der Waals surface area contributed by atoms with E-state index in [0.717, 1.165) is 55.5 Å². The molecule has 27 heavy (non-hydrogen) atoms. The van der Waals surface area contributed by atoms with E-state index in [2.05, 4.69) is 10.6 Å². The number of carbonyl (C=O) groups excluding carboxylic acids is 2. The van der Waals surface area contributed by atoms with Crippen LogP contribution in [0.15, 0.2) is 48.5 Å². The zero-order valence-electron chi connectivity index (χ0n) is 15.1. The molecule has 0 saturated heterocycles. The molecular weight excluding hydrogens is 360 g/mol. The smallest absolute Gasteiger partial charge is 0.235 e. The molecule has 0 atom stereocenters. The molecule has 0 bridgehead atoms. The van der Waals surface area contributed by atoms with Gasteiger partial charge in [-0.25, -0.2) is 0 Å². The van der Waals surface area contributed by atoms with Crippen LogP contribution in [0.5, 0.6) is 0 Å². The van der Waals surface area contributed by atoms with Crippen LogP contribution in [0.1, 0.15) is 44.1 Å². The first-order chi connectivity index (χ1) is 13.1. The normalized spacial score (nSPS) is 18.1. The highest BCUT2D eigenvalue weighted by atomic mass is 35.5. The van der Waals surface area contributed by atoms with E-state index in [0.29, 0.717) is 5.02 Å². The van der Waals surface area contributed by atoms with Crippen LogP contribution in [0.4, 0.5) is 11.4 Å². The average molecular weight is 383 g/mol. The largest absolute Gasteiger partial charge is 0.326 e. The van der Waals surface area contributed by atoms with E-state index in [1.54, 1.807) is 0 Å². The summed E-state index contributed by atoms with van der Waals surface area (Å²) in [5.41, 5.74) is 2.03. The van der Waals surface area contributed by atoms with E-state index in [1.807, 2.05) is 48.5 Å². The lowest BCUT2D eigenvalue weighted by Crippen LogP contribution is -2.37. The fourth-order valence-corrected chi connectivity index (χ4v) is 4.00. The van der Waals surface area contributed by atoms with Crippen LogP contribution in [0, 0.1) is 5.92 Å². The number of amides is 2. The van der Waals surface area contributed by atoms with Crippen LogP contribution in [0.2, 0.25) is 5.02 Å². The Kier molecular flexibility index (Phi) is 4.92. The fourth-order valence-electron chi connectivity index (χ4n) is 3.87. The molecule has 2 aliphatic carbocycles. The van der Waals surface area contributed by atoms with E-state index >= 15 is 0 Å². The van der Waals surface area contributed by atoms with Gasteiger partial charge in [0, 0.05) is 22.3 Å². The van der Waals surface area contributed by atoms with Crippen molar-refractivity contribution in [2.75, 3.05) is 10.6 Å². The van der Waals surface area contributed by atoms with Crippen molar-refractivity contribution in [3.8, 4) is 0 Å². The third kappa shape index (κ3) is 3.86. The predicted octanol–water partition coefficient (Wildman–Crippen LogP) is 5.14. The van der Waals surface area contributed by atoms with Gasteiger partial charge < -0.3 is 10.6 Å². The summed E-state index contributed by atoms with van der Waals surface area (Å²) in [5.74, 6) is 0.280. The van der Waals surface area contributed by atoms with Gasteiger partial charge in [0.2, 0.25) is 11.8 Å². The minimum atomic E-state index is -0.497. The van der Waals surface area contributed by atoms with Crippen LogP contribution in [0.3, 0.4) is 0 Å². The first kappa shape index (κ1) is 18.1. The standard InChI is InChI=1S/C22H23ClN2O2/c23-17-7-5-16(6-8-17)22(13-1-2-14-22)21(27)25-19-11-9-18(10-12-19)24-20(26)15-3-4-15/h5-12,15H,1-4,13-14H2,(H,24,26)(H,25,27). The maximum Gasteiger partial charge on any atom is 0.235 e. The Bertz CT molecular complexity index is 836. The summed E-state index contributed by atoms with van der Waals surface area (Å²) in [6.07, 6.45) is 5.73. The van der Waals surface area contributed by atoms with E-state index in [4.69, 9.17) is 11.6 Å². The number of benzene rings is 2. The molecule has 2 saturated carbocycles. The number of anilines is 2. The molecule has 2 aromatic carbocycles. The van der Waals surface area contributed by atoms with E-state index in [9.17, 15) is 9.59 Å². The molecule has 0 heterocycles. The number of hydrogen-bond acceptors (Lipinski definition) is 2. The second-order valence-corrected chi connectivity index (χ2v) is 8.03. The highest BCUT2D eigenvalue weighted by Crippen LogP contribution is 2.42. The highest BCUT2D eigenvalue weighted by Gasteiger charge is 2.42. The monoisotopic (exact) mass is 382 g/mol. The Morgan fingerprint density at radius 1 is 0.852 bits per heavy atom. The second-order valence-electron chi connectivity index (χ2n) is 7.59. The second kappa shape index (κ2) is 7.35. The lowest BCUT2D eigenvalue weighted by atomic mass is 9.78. The average Bonchev–Trinajstić information content (AvgIpc) is 3.41. The van der Waals surface area contributed by atoms with Crippen molar-refractivity contribution in [3.63, 3.8) is 0 Å². The molecule has 0 aliphatic heterocycles. The minimum Gasteiger partial charge on any atom is -0.326 e. The first-order valence-corrected chi connectivity index (χ1v) is 9.93. The highest BCUT2D eigenvalue weighted by molar-refractivity contribution is 6.30. The number of nitrogens with one attached hydrogen (secondary N) is 2. The molecule has 2 aliphatic rings.